The highest BCUT2D eigenvalue weighted by molar-refractivity contribution is 5.94. The molecular weight excluding hydrogens is 406 g/mol. The van der Waals surface area contributed by atoms with Crippen LogP contribution < -0.4 is 33.2 Å². The van der Waals surface area contributed by atoms with Crippen molar-refractivity contribution in [2.45, 2.75) is 37.4 Å². The number of hydrogen-bond acceptors (Lipinski definition) is 8. The minimum Gasteiger partial charge on any atom is -0.481 e. The topological polar surface area (TPSA) is 273 Å². The molecule has 0 fully saturated rings. The molecule has 0 aliphatic carbocycles. The summed E-state index contributed by atoms with van der Waals surface area (Å²) >= 11 is 0. The number of carboxylic acid groups (broad SMARTS) is 2. The number of aliphatic hydroxyl groups is 1. The fourth-order valence-electron chi connectivity index (χ4n) is 2.04. The van der Waals surface area contributed by atoms with E-state index in [1.165, 1.54) is 0 Å². The Morgan fingerprint density at radius 1 is 0.967 bits per heavy atom. The number of nitrogens with two attached hydrogens (primary N) is 3. The Morgan fingerprint density at radius 3 is 2.10 bits per heavy atom. The summed E-state index contributed by atoms with van der Waals surface area (Å²) < 4.78 is 0. The molecule has 3 atom stereocenters. The lowest BCUT2D eigenvalue weighted by atomic mass is 10.1. The van der Waals surface area contributed by atoms with E-state index in [9.17, 15) is 24.0 Å². The fraction of sp³-hybridized carbons (Fsp3) is 0.600. The van der Waals surface area contributed by atoms with Gasteiger partial charge in [-0.05, 0) is 12.8 Å². The molecule has 0 aromatic carbocycles. The van der Waals surface area contributed by atoms with Crippen LogP contribution in [0.2, 0.25) is 0 Å². The molecule has 0 radical (unpaired) electrons. The Hall–Kier alpha value is -3.46. The number of aliphatic carboxylic acids is 2. The first-order chi connectivity index (χ1) is 14.0. The molecule has 0 heterocycles. The molecule has 15 nitrogen and oxygen atoms in total. The average molecular weight is 433 g/mol. The van der Waals surface area contributed by atoms with Crippen LogP contribution in [0.15, 0.2) is 4.99 Å². The number of aliphatic hydroxyl groups excluding tert-OH is 1. The van der Waals surface area contributed by atoms with Crippen molar-refractivity contribution >= 4 is 35.6 Å². The summed E-state index contributed by atoms with van der Waals surface area (Å²) in [4.78, 5) is 61.3. The normalized spacial score (nSPS) is 13.3. The van der Waals surface area contributed by atoms with Gasteiger partial charge in [0.25, 0.3) is 0 Å². The zero-order valence-corrected chi connectivity index (χ0v) is 16.0. The third-order valence-corrected chi connectivity index (χ3v) is 3.56. The van der Waals surface area contributed by atoms with Crippen LogP contribution >= 0.6 is 0 Å². The van der Waals surface area contributed by atoms with Crippen molar-refractivity contribution in [1.82, 2.24) is 16.0 Å². The highest BCUT2D eigenvalue weighted by Crippen LogP contribution is 1.97. The molecule has 0 aliphatic heterocycles. The van der Waals surface area contributed by atoms with E-state index in [1.807, 2.05) is 5.32 Å². The number of amides is 3. The molecule has 0 spiro atoms. The molecule has 0 aliphatic rings. The lowest BCUT2D eigenvalue weighted by Crippen LogP contribution is -2.55. The monoisotopic (exact) mass is 433 g/mol. The van der Waals surface area contributed by atoms with Crippen LogP contribution in [0.5, 0.6) is 0 Å². The van der Waals surface area contributed by atoms with Gasteiger partial charge >= 0.3 is 11.9 Å². The van der Waals surface area contributed by atoms with Gasteiger partial charge in [-0.2, -0.15) is 0 Å². The van der Waals surface area contributed by atoms with Crippen LogP contribution in [-0.2, 0) is 24.0 Å². The number of hydrogen-bond donors (Lipinski definition) is 9. The largest absolute Gasteiger partial charge is 0.481 e. The van der Waals surface area contributed by atoms with Gasteiger partial charge in [0.05, 0.1) is 25.6 Å². The van der Waals surface area contributed by atoms with Gasteiger partial charge in [-0.25, -0.2) is 4.79 Å². The summed E-state index contributed by atoms with van der Waals surface area (Å²) in [5, 5.41) is 32.8. The van der Waals surface area contributed by atoms with Crippen molar-refractivity contribution in [2.75, 3.05) is 19.7 Å². The van der Waals surface area contributed by atoms with E-state index < -0.39 is 67.4 Å². The van der Waals surface area contributed by atoms with Crippen molar-refractivity contribution in [3.63, 3.8) is 0 Å². The first-order valence-electron chi connectivity index (χ1n) is 8.71. The molecule has 30 heavy (non-hydrogen) atoms. The van der Waals surface area contributed by atoms with Gasteiger partial charge < -0.3 is 48.5 Å². The maximum Gasteiger partial charge on any atom is 0.328 e. The summed E-state index contributed by atoms with van der Waals surface area (Å²) in [5.41, 5.74) is 16.0. The standard InChI is InChI=1S/C15H27N7O8/c16-7(2-1-3-19-15(17)18)12(27)20-5-10(24)21-8(4-11(25)26)13(28)22-9(6-23)14(29)30/h7-9,23H,1-6,16H2,(H,20,27)(H,21,24)(H,22,28)(H,25,26)(H,29,30)(H4,17,18,19)/t7-,8-,9-/m1/s1. The average Bonchev–Trinajstić information content (AvgIpc) is 2.65. The number of nitrogens with one attached hydrogen (secondary N) is 3. The predicted octanol–water partition coefficient (Wildman–Crippen LogP) is -5.00. The van der Waals surface area contributed by atoms with Gasteiger partial charge in [0.15, 0.2) is 5.96 Å². The van der Waals surface area contributed by atoms with Gasteiger partial charge in [0, 0.05) is 6.54 Å². The van der Waals surface area contributed by atoms with Crippen LogP contribution in [-0.4, -0.2) is 88.8 Å². The SMILES string of the molecule is NC(N)=NCCC[C@@H](N)C(=O)NCC(=O)N[C@H](CC(=O)O)C(=O)N[C@H](CO)C(=O)O. The quantitative estimate of drug-likeness (QED) is 0.0710. The van der Waals surface area contributed by atoms with Crippen LogP contribution in [0.4, 0.5) is 0 Å². The third-order valence-electron chi connectivity index (χ3n) is 3.56. The van der Waals surface area contributed by atoms with Gasteiger partial charge in [-0.3, -0.25) is 24.2 Å². The number of rotatable bonds is 14. The summed E-state index contributed by atoms with van der Waals surface area (Å²) in [7, 11) is 0. The van der Waals surface area contributed by atoms with Crippen LogP contribution in [0.3, 0.4) is 0 Å². The molecule has 0 aromatic rings. The second-order valence-electron chi connectivity index (χ2n) is 6.07. The van der Waals surface area contributed by atoms with E-state index in [0.29, 0.717) is 6.42 Å². The molecule has 0 aromatic heterocycles. The molecular formula is C15H27N7O8. The van der Waals surface area contributed by atoms with Crippen molar-refractivity contribution in [2.24, 2.45) is 22.2 Å². The van der Waals surface area contributed by atoms with Gasteiger partial charge in [-0.1, -0.05) is 0 Å². The maximum atomic E-state index is 12.0. The second-order valence-corrected chi connectivity index (χ2v) is 6.07. The first kappa shape index (κ1) is 26.5. The van der Waals surface area contributed by atoms with Gasteiger partial charge in [0.2, 0.25) is 17.7 Å². The number of aliphatic imine (C=N–C) groups is 1. The summed E-state index contributed by atoms with van der Waals surface area (Å²) in [6.45, 7) is -1.28. The number of carboxylic acids is 2. The van der Waals surface area contributed by atoms with Crippen molar-refractivity contribution in [3.8, 4) is 0 Å². The second kappa shape index (κ2) is 13.7. The summed E-state index contributed by atoms with van der Waals surface area (Å²) in [5.74, 6) is -5.80. The van der Waals surface area contributed by atoms with E-state index in [2.05, 4.69) is 15.6 Å². The number of nitrogens with zero attached hydrogens (tertiary/aromatic N) is 1. The Labute approximate surface area is 171 Å². The van der Waals surface area contributed by atoms with E-state index in [-0.39, 0.29) is 18.9 Å². The highest BCUT2D eigenvalue weighted by Gasteiger charge is 2.28. The fourth-order valence-corrected chi connectivity index (χ4v) is 2.04. The smallest absolute Gasteiger partial charge is 0.328 e. The molecule has 3 amide bonds. The Kier molecular flexibility index (Phi) is 12.1. The lowest BCUT2D eigenvalue weighted by Gasteiger charge is -2.19. The van der Waals surface area contributed by atoms with Gasteiger partial charge in [0.1, 0.15) is 12.1 Å². The molecule has 170 valence electrons. The summed E-state index contributed by atoms with van der Waals surface area (Å²) in [6, 6.07) is -4.26. The number of carbonyl (C=O) groups excluding carboxylic acids is 3. The maximum absolute atomic E-state index is 12.0. The van der Waals surface area contributed by atoms with E-state index in [0.717, 1.165) is 0 Å². The zero-order valence-electron chi connectivity index (χ0n) is 16.0. The first-order valence-corrected chi connectivity index (χ1v) is 8.71. The van der Waals surface area contributed by atoms with Crippen LogP contribution in [0, 0.1) is 0 Å². The van der Waals surface area contributed by atoms with Crippen LogP contribution in [0.1, 0.15) is 19.3 Å². The third kappa shape index (κ3) is 11.4. The molecule has 0 rings (SSSR count). The van der Waals surface area contributed by atoms with Crippen LogP contribution in [0.25, 0.3) is 0 Å². The van der Waals surface area contributed by atoms with Crippen molar-refractivity contribution < 1.29 is 39.3 Å². The number of guanidine groups is 1. The molecule has 0 saturated heterocycles. The zero-order chi connectivity index (χ0) is 23.3. The molecule has 0 bridgehead atoms. The summed E-state index contributed by atoms with van der Waals surface area (Å²) in [6.07, 6.45) is -0.214. The lowest BCUT2D eigenvalue weighted by molar-refractivity contribution is -0.144. The minimum absolute atomic E-state index is 0.0988. The van der Waals surface area contributed by atoms with E-state index in [1.54, 1.807) is 0 Å². The highest BCUT2D eigenvalue weighted by atomic mass is 16.4. The minimum atomic E-state index is -1.68. The Bertz CT molecular complexity index is 665. The Balaban J connectivity index is 4.66. The van der Waals surface area contributed by atoms with E-state index >= 15 is 0 Å². The van der Waals surface area contributed by atoms with Crippen molar-refractivity contribution in [1.29, 1.82) is 0 Å². The molecule has 0 saturated carbocycles. The molecule has 15 heteroatoms. The predicted molar refractivity (Wildman–Crippen MR) is 102 cm³/mol. The number of carbonyl (C=O) groups is 5. The molecule has 12 N–H and O–H groups in total. The van der Waals surface area contributed by atoms with E-state index in [4.69, 9.17) is 32.5 Å². The van der Waals surface area contributed by atoms with Gasteiger partial charge in [-0.15, -0.1) is 0 Å². The molecule has 0 unspecified atom stereocenters. The van der Waals surface area contributed by atoms with Crippen molar-refractivity contribution in [3.05, 3.63) is 0 Å². The Morgan fingerprint density at radius 2 is 1.60 bits per heavy atom.